The van der Waals surface area contributed by atoms with Crippen molar-refractivity contribution in [2.24, 2.45) is 0 Å². The van der Waals surface area contributed by atoms with Gasteiger partial charge in [-0.15, -0.1) is 0 Å². The van der Waals surface area contributed by atoms with Gasteiger partial charge in [0.2, 0.25) is 5.95 Å². The van der Waals surface area contributed by atoms with Crippen molar-refractivity contribution in [3.63, 3.8) is 0 Å². The van der Waals surface area contributed by atoms with Gasteiger partial charge in [-0.25, -0.2) is 9.78 Å². The van der Waals surface area contributed by atoms with Crippen molar-refractivity contribution < 1.29 is 18.7 Å². The van der Waals surface area contributed by atoms with Crippen molar-refractivity contribution in [1.29, 1.82) is 0 Å². The van der Waals surface area contributed by atoms with Crippen LogP contribution in [0, 0.1) is 5.95 Å². The second-order valence-electron chi connectivity index (χ2n) is 2.85. The Labute approximate surface area is 91.8 Å². The highest BCUT2D eigenvalue weighted by atomic mass is 19.1. The summed E-state index contributed by atoms with van der Waals surface area (Å²) in [5.41, 5.74) is 0.308. The maximum atomic E-state index is 12.8. The Morgan fingerprint density at radius 2 is 2.38 bits per heavy atom. The minimum atomic E-state index is -0.830. The van der Waals surface area contributed by atoms with Gasteiger partial charge in [0, 0.05) is 12.3 Å². The monoisotopic (exact) mass is 223 g/mol. The minimum absolute atomic E-state index is 0.147. The van der Waals surface area contributed by atoms with Crippen LogP contribution in [0.25, 0.3) is 6.08 Å². The van der Waals surface area contributed by atoms with Crippen LogP contribution in [0.1, 0.15) is 22.8 Å². The highest BCUT2D eigenvalue weighted by Crippen LogP contribution is 2.07. The average molecular weight is 223 g/mol. The molecule has 0 aliphatic carbocycles. The lowest BCUT2D eigenvalue weighted by Gasteiger charge is -1.97. The molecule has 16 heavy (non-hydrogen) atoms. The topological polar surface area (TPSA) is 56.3 Å². The number of aromatic nitrogens is 1. The number of pyridine rings is 1. The van der Waals surface area contributed by atoms with E-state index in [1.54, 1.807) is 6.92 Å². The van der Waals surface area contributed by atoms with Crippen molar-refractivity contribution in [2.75, 3.05) is 6.61 Å². The van der Waals surface area contributed by atoms with E-state index >= 15 is 0 Å². The van der Waals surface area contributed by atoms with E-state index in [0.717, 1.165) is 0 Å². The van der Waals surface area contributed by atoms with Gasteiger partial charge in [0.15, 0.2) is 6.29 Å². The Kier molecular flexibility index (Phi) is 4.32. The number of carbonyl (C=O) groups excluding carboxylic acids is 2. The lowest BCUT2D eigenvalue weighted by atomic mass is 10.2. The lowest BCUT2D eigenvalue weighted by molar-refractivity contribution is -0.137. The zero-order valence-electron chi connectivity index (χ0n) is 8.64. The van der Waals surface area contributed by atoms with E-state index in [1.807, 2.05) is 0 Å². The van der Waals surface area contributed by atoms with Gasteiger partial charge in [-0.2, -0.15) is 4.39 Å². The van der Waals surface area contributed by atoms with Crippen LogP contribution >= 0.6 is 0 Å². The third-order valence-corrected chi connectivity index (χ3v) is 1.71. The molecule has 0 spiro atoms. The molecular weight excluding hydrogens is 213 g/mol. The SMILES string of the molecule is CCOC(=O)C=Cc1cnc(F)c(C=O)c1. The molecule has 0 unspecified atom stereocenters. The summed E-state index contributed by atoms with van der Waals surface area (Å²) in [5.74, 6) is -1.33. The Morgan fingerprint density at radius 1 is 1.62 bits per heavy atom. The molecule has 1 aromatic rings. The Bertz CT molecular complexity index is 429. The summed E-state index contributed by atoms with van der Waals surface area (Å²) >= 11 is 0. The third-order valence-electron chi connectivity index (χ3n) is 1.71. The number of carbonyl (C=O) groups is 2. The fourth-order valence-electron chi connectivity index (χ4n) is 1.01. The van der Waals surface area contributed by atoms with Crippen LogP contribution in [-0.4, -0.2) is 23.8 Å². The van der Waals surface area contributed by atoms with Gasteiger partial charge in [0.05, 0.1) is 12.2 Å². The highest BCUT2D eigenvalue weighted by molar-refractivity contribution is 5.87. The smallest absolute Gasteiger partial charge is 0.330 e. The molecular formula is C11H10FNO3. The molecule has 0 fully saturated rings. The van der Waals surface area contributed by atoms with Gasteiger partial charge in [-0.3, -0.25) is 4.79 Å². The van der Waals surface area contributed by atoms with Crippen LogP contribution in [0.2, 0.25) is 0 Å². The second kappa shape index (κ2) is 5.75. The predicted octanol–water partition coefficient (Wildman–Crippen LogP) is 1.61. The van der Waals surface area contributed by atoms with Crippen LogP contribution in [0.4, 0.5) is 4.39 Å². The van der Waals surface area contributed by atoms with Gasteiger partial charge < -0.3 is 4.74 Å². The summed E-state index contributed by atoms with van der Waals surface area (Å²) < 4.78 is 17.5. The fourth-order valence-corrected chi connectivity index (χ4v) is 1.01. The summed E-state index contributed by atoms with van der Waals surface area (Å²) in [6.07, 6.45) is 4.17. The minimum Gasteiger partial charge on any atom is -0.463 e. The van der Waals surface area contributed by atoms with Gasteiger partial charge >= 0.3 is 5.97 Å². The molecule has 0 bridgehead atoms. The predicted molar refractivity (Wildman–Crippen MR) is 55.2 cm³/mol. The Morgan fingerprint density at radius 3 is 3.00 bits per heavy atom. The maximum Gasteiger partial charge on any atom is 0.330 e. The second-order valence-corrected chi connectivity index (χ2v) is 2.85. The van der Waals surface area contributed by atoms with Crippen LogP contribution in [0.15, 0.2) is 18.3 Å². The van der Waals surface area contributed by atoms with Crippen molar-refractivity contribution in [1.82, 2.24) is 4.98 Å². The first-order valence-electron chi connectivity index (χ1n) is 4.63. The van der Waals surface area contributed by atoms with Gasteiger partial charge in [-0.1, -0.05) is 0 Å². The number of halogens is 1. The Hall–Kier alpha value is -2.04. The van der Waals surface area contributed by atoms with E-state index in [9.17, 15) is 14.0 Å². The molecule has 0 amide bonds. The molecule has 4 nitrogen and oxygen atoms in total. The first-order chi connectivity index (χ1) is 7.67. The van der Waals surface area contributed by atoms with E-state index in [2.05, 4.69) is 9.72 Å². The number of nitrogens with zero attached hydrogens (tertiary/aromatic N) is 1. The van der Waals surface area contributed by atoms with Crippen LogP contribution in [0.3, 0.4) is 0 Å². The maximum absolute atomic E-state index is 12.8. The third kappa shape index (κ3) is 3.27. The molecule has 0 radical (unpaired) electrons. The molecule has 1 aromatic heterocycles. The van der Waals surface area contributed by atoms with Gasteiger partial charge in [0.1, 0.15) is 0 Å². The molecule has 1 heterocycles. The molecule has 0 saturated heterocycles. The summed E-state index contributed by atoms with van der Waals surface area (Å²) in [6.45, 7) is 1.97. The molecule has 0 atom stereocenters. The largest absolute Gasteiger partial charge is 0.463 e. The molecule has 5 heteroatoms. The number of rotatable bonds is 4. The van der Waals surface area contributed by atoms with Gasteiger partial charge in [0.25, 0.3) is 0 Å². The Balaban J connectivity index is 2.82. The van der Waals surface area contributed by atoms with Crippen LogP contribution in [0.5, 0.6) is 0 Å². The molecule has 0 aromatic carbocycles. The molecule has 0 saturated carbocycles. The van der Waals surface area contributed by atoms with Crippen molar-refractivity contribution >= 4 is 18.3 Å². The first kappa shape index (κ1) is 12.0. The number of aldehydes is 1. The molecule has 1 rings (SSSR count). The standard InChI is InChI=1S/C11H10FNO3/c1-2-16-10(15)4-3-8-5-9(7-14)11(12)13-6-8/h3-7H,2H2,1H3. The number of hydrogen-bond donors (Lipinski definition) is 0. The zero-order valence-corrected chi connectivity index (χ0v) is 8.64. The lowest BCUT2D eigenvalue weighted by Crippen LogP contribution is -1.99. The van der Waals surface area contributed by atoms with Crippen LogP contribution < -0.4 is 0 Å². The van der Waals surface area contributed by atoms with Crippen LogP contribution in [-0.2, 0) is 9.53 Å². The highest BCUT2D eigenvalue weighted by Gasteiger charge is 2.02. The first-order valence-corrected chi connectivity index (χ1v) is 4.63. The number of hydrogen-bond acceptors (Lipinski definition) is 4. The van der Waals surface area contributed by atoms with Crippen molar-refractivity contribution in [3.8, 4) is 0 Å². The molecule has 0 aliphatic heterocycles. The molecule has 84 valence electrons. The number of esters is 1. The summed E-state index contributed by atoms with van der Waals surface area (Å²) in [4.78, 5) is 24.8. The van der Waals surface area contributed by atoms with E-state index in [-0.39, 0.29) is 12.2 Å². The van der Waals surface area contributed by atoms with Crippen molar-refractivity contribution in [3.05, 3.63) is 35.4 Å². The summed E-state index contributed by atoms with van der Waals surface area (Å²) in [6, 6.07) is 1.30. The quantitative estimate of drug-likeness (QED) is 0.337. The van der Waals surface area contributed by atoms with Gasteiger partial charge in [-0.05, 0) is 24.6 Å². The van der Waals surface area contributed by atoms with E-state index in [0.29, 0.717) is 11.8 Å². The number of ether oxygens (including phenoxy) is 1. The average Bonchev–Trinajstić information content (AvgIpc) is 2.28. The molecule has 0 N–H and O–H groups in total. The van der Waals surface area contributed by atoms with Crippen molar-refractivity contribution in [2.45, 2.75) is 6.92 Å². The van der Waals surface area contributed by atoms with E-state index in [4.69, 9.17) is 0 Å². The summed E-state index contributed by atoms with van der Waals surface area (Å²) in [7, 11) is 0. The van der Waals surface area contributed by atoms with E-state index in [1.165, 1.54) is 24.4 Å². The zero-order chi connectivity index (χ0) is 12.0. The fraction of sp³-hybridized carbons (Fsp3) is 0.182. The molecule has 0 aliphatic rings. The normalized spacial score (nSPS) is 10.4. The van der Waals surface area contributed by atoms with E-state index < -0.39 is 11.9 Å². The summed E-state index contributed by atoms with van der Waals surface area (Å²) in [5, 5.41) is 0.